The van der Waals surface area contributed by atoms with E-state index in [-0.39, 0.29) is 0 Å². The summed E-state index contributed by atoms with van der Waals surface area (Å²) in [6, 6.07) is 5.99. The van der Waals surface area contributed by atoms with E-state index < -0.39 is 0 Å². The van der Waals surface area contributed by atoms with E-state index in [2.05, 4.69) is 10.3 Å². The fraction of sp³-hybridized carbons (Fsp3) is 0.643. The van der Waals surface area contributed by atoms with Crippen LogP contribution in [0.1, 0.15) is 37.8 Å². The number of ether oxygens (including phenoxy) is 1. The lowest BCUT2D eigenvalue weighted by Crippen LogP contribution is -2.13. The van der Waals surface area contributed by atoms with Crippen molar-refractivity contribution in [1.29, 1.82) is 0 Å². The molecule has 1 aromatic heterocycles. The molecule has 17 heavy (non-hydrogen) atoms. The number of hydrogen-bond acceptors (Lipinski definition) is 3. The first-order chi connectivity index (χ1) is 8.38. The van der Waals surface area contributed by atoms with E-state index in [0.29, 0.717) is 6.61 Å². The van der Waals surface area contributed by atoms with E-state index in [1.807, 2.05) is 25.2 Å². The van der Waals surface area contributed by atoms with E-state index in [0.717, 1.165) is 24.0 Å². The van der Waals surface area contributed by atoms with Crippen molar-refractivity contribution in [2.24, 2.45) is 5.92 Å². The van der Waals surface area contributed by atoms with Gasteiger partial charge in [0, 0.05) is 13.7 Å². The van der Waals surface area contributed by atoms with Gasteiger partial charge in [-0.1, -0.05) is 25.3 Å². The number of hydrogen-bond donors (Lipinski definition) is 1. The molecule has 0 spiro atoms. The highest BCUT2D eigenvalue weighted by Gasteiger charge is 2.13. The van der Waals surface area contributed by atoms with E-state index >= 15 is 0 Å². The lowest BCUT2D eigenvalue weighted by molar-refractivity contribution is 0.0721. The molecule has 1 saturated carbocycles. The van der Waals surface area contributed by atoms with Gasteiger partial charge in [-0.2, -0.15) is 0 Å². The molecule has 1 fully saturated rings. The standard InChI is InChI=1S/C14H22N2O/c1-15-14-9-5-8-13(16-14)11-17-10-12-6-3-2-4-7-12/h5,8-9,12H,2-4,6-7,10-11H2,1H3,(H,15,16). The SMILES string of the molecule is CNc1cccc(COCC2CCCCC2)n1. The molecule has 1 aromatic rings. The lowest BCUT2D eigenvalue weighted by atomic mass is 9.90. The largest absolute Gasteiger partial charge is 0.375 e. The second-order valence-electron chi connectivity index (χ2n) is 4.78. The molecule has 0 bridgehead atoms. The third kappa shape index (κ3) is 4.00. The summed E-state index contributed by atoms with van der Waals surface area (Å²) >= 11 is 0. The van der Waals surface area contributed by atoms with Crippen LogP contribution in [0, 0.1) is 5.92 Å². The van der Waals surface area contributed by atoms with Gasteiger partial charge < -0.3 is 10.1 Å². The molecule has 0 saturated heterocycles. The van der Waals surface area contributed by atoms with Crippen LogP contribution in [-0.4, -0.2) is 18.6 Å². The molecule has 1 aliphatic rings. The van der Waals surface area contributed by atoms with Gasteiger partial charge in [0.25, 0.3) is 0 Å². The number of aromatic nitrogens is 1. The predicted molar refractivity (Wildman–Crippen MR) is 70.0 cm³/mol. The molecular weight excluding hydrogens is 212 g/mol. The summed E-state index contributed by atoms with van der Waals surface area (Å²) < 4.78 is 5.77. The maximum atomic E-state index is 5.77. The molecule has 1 N–H and O–H groups in total. The smallest absolute Gasteiger partial charge is 0.126 e. The van der Waals surface area contributed by atoms with Gasteiger partial charge in [-0.05, 0) is 30.9 Å². The lowest BCUT2D eigenvalue weighted by Gasteiger charge is -2.21. The molecule has 0 unspecified atom stereocenters. The summed E-state index contributed by atoms with van der Waals surface area (Å²) in [4.78, 5) is 4.44. The quantitative estimate of drug-likeness (QED) is 0.849. The van der Waals surface area contributed by atoms with Gasteiger partial charge in [-0.3, -0.25) is 0 Å². The van der Waals surface area contributed by atoms with Crippen LogP contribution in [0.5, 0.6) is 0 Å². The zero-order chi connectivity index (χ0) is 11.9. The highest BCUT2D eigenvalue weighted by Crippen LogP contribution is 2.23. The summed E-state index contributed by atoms with van der Waals surface area (Å²) in [7, 11) is 1.88. The van der Waals surface area contributed by atoms with Gasteiger partial charge in [0.15, 0.2) is 0 Å². The van der Waals surface area contributed by atoms with Crippen molar-refractivity contribution in [3.8, 4) is 0 Å². The molecule has 0 radical (unpaired) electrons. The first-order valence-electron chi connectivity index (χ1n) is 6.60. The van der Waals surface area contributed by atoms with Crippen molar-refractivity contribution in [2.75, 3.05) is 19.0 Å². The highest BCUT2D eigenvalue weighted by atomic mass is 16.5. The van der Waals surface area contributed by atoms with Crippen LogP contribution in [0.15, 0.2) is 18.2 Å². The monoisotopic (exact) mass is 234 g/mol. The number of nitrogens with one attached hydrogen (secondary N) is 1. The van der Waals surface area contributed by atoms with Gasteiger partial charge in [0.2, 0.25) is 0 Å². The third-order valence-corrected chi connectivity index (χ3v) is 3.39. The van der Waals surface area contributed by atoms with Crippen LogP contribution in [-0.2, 0) is 11.3 Å². The minimum atomic E-state index is 0.631. The molecule has 1 heterocycles. The zero-order valence-electron chi connectivity index (χ0n) is 10.6. The molecule has 0 aromatic carbocycles. The van der Waals surface area contributed by atoms with Crippen molar-refractivity contribution in [2.45, 2.75) is 38.7 Å². The second-order valence-corrected chi connectivity index (χ2v) is 4.78. The third-order valence-electron chi connectivity index (χ3n) is 3.39. The van der Waals surface area contributed by atoms with Crippen molar-refractivity contribution >= 4 is 5.82 Å². The van der Waals surface area contributed by atoms with Crippen molar-refractivity contribution in [3.63, 3.8) is 0 Å². The van der Waals surface area contributed by atoms with Crippen LogP contribution >= 0.6 is 0 Å². The zero-order valence-corrected chi connectivity index (χ0v) is 10.6. The van der Waals surface area contributed by atoms with E-state index in [4.69, 9.17) is 4.74 Å². The Kier molecular flexibility index (Phi) is 4.80. The van der Waals surface area contributed by atoms with Gasteiger partial charge in [-0.15, -0.1) is 0 Å². The van der Waals surface area contributed by atoms with Gasteiger partial charge in [0.1, 0.15) is 5.82 Å². The number of nitrogens with zero attached hydrogens (tertiary/aromatic N) is 1. The molecule has 0 aliphatic heterocycles. The van der Waals surface area contributed by atoms with Crippen LogP contribution in [0.3, 0.4) is 0 Å². The summed E-state index contributed by atoms with van der Waals surface area (Å²) in [5, 5.41) is 3.04. The van der Waals surface area contributed by atoms with Crippen LogP contribution in [0.4, 0.5) is 5.82 Å². The molecule has 1 aliphatic carbocycles. The Morgan fingerprint density at radius 2 is 2.12 bits per heavy atom. The average Bonchev–Trinajstić information content (AvgIpc) is 2.40. The molecule has 2 rings (SSSR count). The first-order valence-corrected chi connectivity index (χ1v) is 6.60. The molecule has 3 heteroatoms. The summed E-state index contributed by atoms with van der Waals surface area (Å²) in [5.74, 6) is 1.68. The van der Waals surface area contributed by atoms with E-state index in [9.17, 15) is 0 Å². The van der Waals surface area contributed by atoms with Gasteiger partial charge in [0.05, 0.1) is 12.3 Å². The fourth-order valence-electron chi connectivity index (χ4n) is 2.38. The van der Waals surface area contributed by atoms with E-state index in [1.165, 1.54) is 32.1 Å². The topological polar surface area (TPSA) is 34.1 Å². The Labute approximate surface area is 104 Å². The van der Waals surface area contributed by atoms with Crippen molar-refractivity contribution < 1.29 is 4.74 Å². The van der Waals surface area contributed by atoms with Crippen LogP contribution in [0.2, 0.25) is 0 Å². The molecule has 94 valence electrons. The summed E-state index contributed by atoms with van der Waals surface area (Å²) in [6.07, 6.45) is 6.83. The van der Waals surface area contributed by atoms with Gasteiger partial charge >= 0.3 is 0 Å². The minimum absolute atomic E-state index is 0.631. The maximum Gasteiger partial charge on any atom is 0.126 e. The maximum absolute atomic E-state index is 5.77. The number of pyridine rings is 1. The molecular formula is C14H22N2O. The Bertz CT molecular complexity index is 335. The number of anilines is 1. The minimum Gasteiger partial charge on any atom is -0.375 e. The molecule has 0 atom stereocenters. The summed E-state index contributed by atoms with van der Waals surface area (Å²) in [5.41, 5.74) is 1.01. The molecule has 3 nitrogen and oxygen atoms in total. The highest BCUT2D eigenvalue weighted by molar-refractivity contribution is 5.33. The van der Waals surface area contributed by atoms with Gasteiger partial charge in [-0.25, -0.2) is 4.98 Å². The van der Waals surface area contributed by atoms with Crippen molar-refractivity contribution in [1.82, 2.24) is 4.98 Å². The number of rotatable bonds is 5. The predicted octanol–water partition coefficient (Wildman–Crippen LogP) is 3.22. The van der Waals surface area contributed by atoms with Crippen LogP contribution in [0.25, 0.3) is 0 Å². The summed E-state index contributed by atoms with van der Waals surface area (Å²) in [6.45, 7) is 1.53. The van der Waals surface area contributed by atoms with E-state index in [1.54, 1.807) is 0 Å². The molecule has 0 amide bonds. The Hall–Kier alpha value is -1.09. The Balaban J connectivity index is 1.73. The van der Waals surface area contributed by atoms with Crippen molar-refractivity contribution in [3.05, 3.63) is 23.9 Å². The average molecular weight is 234 g/mol. The first kappa shape index (κ1) is 12.4. The Morgan fingerprint density at radius 3 is 2.88 bits per heavy atom. The van der Waals surface area contributed by atoms with Crippen LogP contribution < -0.4 is 5.32 Å². The Morgan fingerprint density at radius 1 is 1.29 bits per heavy atom. The second kappa shape index (κ2) is 6.60. The normalized spacial score (nSPS) is 17.0. The fourth-order valence-corrected chi connectivity index (χ4v) is 2.38.